The molecule has 4 heteroatoms. The fraction of sp³-hybridized carbons (Fsp3) is 0.333. The van der Waals surface area contributed by atoms with E-state index >= 15 is 0 Å². The van der Waals surface area contributed by atoms with Gasteiger partial charge in [0, 0.05) is 6.42 Å². The van der Waals surface area contributed by atoms with E-state index in [-0.39, 0.29) is 12.4 Å². The summed E-state index contributed by atoms with van der Waals surface area (Å²) in [6.45, 7) is 0.0527. The van der Waals surface area contributed by atoms with Crippen LogP contribution in [0.25, 0.3) is 0 Å². The van der Waals surface area contributed by atoms with E-state index in [0.29, 0.717) is 6.42 Å². The van der Waals surface area contributed by atoms with Crippen molar-refractivity contribution in [3.63, 3.8) is 0 Å². The molecule has 0 aromatic heterocycles. The number of aryl methyl sites for hydroxylation is 1. The zero-order valence-electron chi connectivity index (χ0n) is 11.0. The lowest BCUT2D eigenvalue weighted by Crippen LogP contribution is -2.04. The smallest absolute Gasteiger partial charge is 0.438 e. The zero-order valence-corrected chi connectivity index (χ0v) is 11.0. The van der Waals surface area contributed by atoms with Crippen molar-refractivity contribution >= 4 is 11.9 Å². The van der Waals surface area contributed by atoms with Gasteiger partial charge in [-0.15, -0.1) is 0 Å². The van der Waals surface area contributed by atoms with Gasteiger partial charge in [0.15, 0.2) is 5.78 Å². The van der Waals surface area contributed by atoms with E-state index in [1.165, 1.54) is 24.8 Å². The lowest BCUT2D eigenvalue weighted by atomic mass is 10.1. The number of ketones is 1. The summed E-state index contributed by atoms with van der Waals surface area (Å²) in [7, 11) is 1.24. The Hall–Kier alpha value is -2.10. The van der Waals surface area contributed by atoms with Crippen molar-refractivity contribution in [1.82, 2.24) is 0 Å². The molecule has 0 heterocycles. The third kappa shape index (κ3) is 7.03. The van der Waals surface area contributed by atoms with Gasteiger partial charge in [-0.05, 0) is 30.6 Å². The van der Waals surface area contributed by atoms with Crippen molar-refractivity contribution in [1.29, 1.82) is 0 Å². The van der Waals surface area contributed by atoms with Crippen LogP contribution in [-0.4, -0.2) is 25.7 Å². The van der Waals surface area contributed by atoms with Gasteiger partial charge in [0.2, 0.25) is 0 Å². The Morgan fingerprint density at radius 2 is 1.95 bits per heavy atom. The first-order valence-corrected chi connectivity index (χ1v) is 6.16. The highest BCUT2D eigenvalue weighted by atomic mass is 16.7. The molecule has 0 saturated heterocycles. The van der Waals surface area contributed by atoms with Gasteiger partial charge in [-0.2, -0.15) is 0 Å². The van der Waals surface area contributed by atoms with Gasteiger partial charge < -0.3 is 9.47 Å². The molecule has 4 nitrogen and oxygen atoms in total. The van der Waals surface area contributed by atoms with Crippen molar-refractivity contribution in [2.24, 2.45) is 0 Å². The standard InChI is InChI=1S/C15H18O4/c1-18-15(17)19-12-6-11-14(16)10-5-9-13-7-3-2-4-8-13/h2-4,6-8,11H,5,9-10,12H2,1H3/b11-6+. The Bertz CT molecular complexity index is 423. The molecule has 102 valence electrons. The molecule has 0 fully saturated rings. The Balaban J connectivity index is 2.14. The van der Waals surface area contributed by atoms with Crippen LogP contribution in [0.1, 0.15) is 18.4 Å². The minimum absolute atomic E-state index is 0.0318. The normalized spacial score (nSPS) is 10.4. The summed E-state index contributed by atoms with van der Waals surface area (Å²) in [5.41, 5.74) is 1.23. The van der Waals surface area contributed by atoms with E-state index < -0.39 is 6.16 Å². The molecule has 0 unspecified atom stereocenters. The fourth-order valence-corrected chi connectivity index (χ4v) is 1.55. The first kappa shape index (κ1) is 15.0. The average Bonchev–Trinajstić information content (AvgIpc) is 2.44. The molecule has 0 radical (unpaired) electrons. The number of carbonyl (C=O) groups is 2. The van der Waals surface area contributed by atoms with Crippen LogP contribution in [0, 0.1) is 0 Å². The molecule has 0 bridgehead atoms. The molecule has 0 saturated carbocycles. The van der Waals surface area contributed by atoms with Crippen molar-refractivity contribution in [3.05, 3.63) is 48.0 Å². The van der Waals surface area contributed by atoms with E-state index in [0.717, 1.165) is 12.8 Å². The van der Waals surface area contributed by atoms with Gasteiger partial charge in [-0.25, -0.2) is 4.79 Å². The zero-order chi connectivity index (χ0) is 13.9. The summed E-state index contributed by atoms with van der Waals surface area (Å²) in [5, 5.41) is 0. The van der Waals surface area contributed by atoms with Crippen LogP contribution in [0.15, 0.2) is 42.5 Å². The van der Waals surface area contributed by atoms with Crippen LogP contribution in [0.3, 0.4) is 0 Å². The lowest BCUT2D eigenvalue weighted by molar-refractivity contribution is -0.114. The van der Waals surface area contributed by atoms with E-state index in [9.17, 15) is 9.59 Å². The number of benzene rings is 1. The van der Waals surface area contributed by atoms with Gasteiger partial charge in [0.05, 0.1) is 7.11 Å². The molecule has 19 heavy (non-hydrogen) atoms. The Labute approximate surface area is 113 Å². The second-order valence-corrected chi connectivity index (χ2v) is 3.97. The summed E-state index contributed by atoms with van der Waals surface area (Å²) < 4.78 is 8.91. The van der Waals surface area contributed by atoms with Crippen LogP contribution in [0.4, 0.5) is 4.79 Å². The van der Waals surface area contributed by atoms with E-state index in [1.807, 2.05) is 30.3 Å². The monoisotopic (exact) mass is 262 g/mol. The quantitative estimate of drug-likeness (QED) is 0.560. The second kappa shape index (κ2) is 8.91. The molecule has 0 aliphatic carbocycles. The van der Waals surface area contributed by atoms with Gasteiger partial charge in [0.25, 0.3) is 0 Å². The minimum Gasteiger partial charge on any atom is -0.438 e. The summed E-state index contributed by atoms with van der Waals surface area (Å²) in [5.74, 6) is 0.0318. The SMILES string of the molecule is COC(=O)OC/C=C/C(=O)CCCc1ccccc1. The Morgan fingerprint density at radius 3 is 2.63 bits per heavy atom. The topological polar surface area (TPSA) is 52.6 Å². The molecular formula is C15H18O4. The minimum atomic E-state index is -0.749. The highest BCUT2D eigenvalue weighted by Crippen LogP contribution is 2.05. The predicted octanol–water partition coefficient (Wildman–Crippen LogP) is 2.92. The number of carbonyl (C=O) groups excluding carboxylic acids is 2. The maximum Gasteiger partial charge on any atom is 0.508 e. The molecule has 0 spiro atoms. The van der Waals surface area contributed by atoms with Crippen molar-refractivity contribution < 1.29 is 19.1 Å². The van der Waals surface area contributed by atoms with Gasteiger partial charge in [-0.3, -0.25) is 4.79 Å². The van der Waals surface area contributed by atoms with E-state index in [1.54, 1.807) is 0 Å². The molecule has 1 aromatic carbocycles. The Kier molecular flexibility index (Phi) is 7.02. The first-order valence-electron chi connectivity index (χ1n) is 6.16. The Morgan fingerprint density at radius 1 is 1.21 bits per heavy atom. The summed E-state index contributed by atoms with van der Waals surface area (Å²) in [6, 6.07) is 10.0. The molecule has 0 N–H and O–H groups in total. The molecule has 0 atom stereocenters. The molecule has 1 aromatic rings. The maximum atomic E-state index is 11.5. The highest BCUT2D eigenvalue weighted by Gasteiger charge is 1.99. The van der Waals surface area contributed by atoms with Gasteiger partial charge in [0.1, 0.15) is 6.61 Å². The van der Waals surface area contributed by atoms with Crippen LogP contribution >= 0.6 is 0 Å². The maximum absolute atomic E-state index is 11.5. The number of hydrogen-bond acceptors (Lipinski definition) is 4. The molecule has 0 aliphatic heterocycles. The van der Waals surface area contributed by atoms with Crippen LogP contribution in [0.5, 0.6) is 0 Å². The van der Waals surface area contributed by atoms with E-state index in [2.05, 4.69) is 9.47 Å². The third-order valence-corrected chi connectivity index (χ3v) is 2.50. The van der Waals surface area contributed by atoms with Crippen LogP contribution < -0.4 is 0 Å². The fourth-order valence-electron chi connectivity index (χ4n) is 1.55. The molecule has 0 amide bonds. The number of rotatable bonds is 7. The first-order chi connectivity index (χ1) is 9.22. The summed E-state index contributed by atoms with van der Waals surface area (Å²) in [6.07, 6.45) is 4.39. The highest BCUT2D eigenvalue weighted by molar-refractivity contribution is 5.89. The second-order valence-electron chi connectivity index (χ2n) is 3.97. The number of allylic oxidation sites excluding steroid dienone is 1. The average molecular weight is 262 g/mol. The van der Waals surface area contributed by atoms with Crippen molar-refractivity contribution in [2.45, 2.75) is 19.3 Å². The number of methoxy groups -OCH3 is 1. The predicted molar refractivity (Wildman–Crippen MR) is 71.9 cm³/mol. The van der Waals surface area contributed by atoms with Crippen molar-refractivity contribution in [2.75, 3.05) is 13.7 Å². The summed E-state index contributed by atoms with van der Waals surface area (Å²) >= 11 is 0. The largest absolute Gasteiger partial charge is 0.508 e. The molecular weight excluding hydrogens is 244 g/mol. The number of hydrogen-bond donors (Lipinski definition) is 0. The van der Waals surface area contributed by atoms with Crippen LogP contribution in [-0.2, 0) is 20.7 Å². The van der Waals surface area contributed by atoms with Gasteiger partial charge >= 0.3 is 6.16 Å². The molecule has 1 rings (SSSR count). The molecule has 0 aliphatic rings. The van der Waals surface area contributed by atoms with Gasteiger partial charge in [-0.1, -0.05) is 30.3 Å². The third-order valence-electron chi connectivity index (χ3n) is 2.50. The number of ether oxygens (including phenoxy) is 2. The van der Waals surface area contributed by atoms with E-state index in [4.69, 9.17) is 0 Å². The van der Waals surface area contributed by atoms with Crippen molar-refractivity contribution in [3.8, 4) is 0 Å². The summed E-state index contributed by atoms with van der Waals surface area (Å²) in [4.78, 5) is 22.1. The lowest BCUT2D eigenvalue weighted by Gasteiger charge is -1.99. The van der Waals surface area contributed by atoms with Crippen LogP contribution in [0.2, 0.25) is 0 Å².